The second-order valence-corrected chi connectivity index (χ2v) is 12.8. The molecule has 0 spiro atoms. The molecule has 0 bridgehead atoms. The van der Waals surface area contributed by atoms with E-state index in [1.54, 1.807) is 43.4 Å². The van der Waals surface area contributed by atoms with Gasteiger partial charge in [-0.05, 0) is 79.8 Å². The lowest BCUT2D eigenvalue weighted by Crippen LogP contribution is -2.53. The molecular weight excluding hydrogens is 558 g/mol. The molecule has 0 radical (unpaired) electrons. The van der Waals surface area contributed by atoms with Crippen LogP contribution in [0.5, 0.6) is 0 Å². The number of anilines is 1. The zero-order valence-electron chi connectivity index (χ0n) is 25.4. The number of amides is 2. The molecule has 8 heteroatoms. The molecule has 2 amide bonds. The fourth-order valence-corrected chi connectivity index (χ4v) is 6.55. The summed E-state index contributed by atoms with van der Waals surface area (Å²) < 4.78 is 29.5. The second-order valence-electron chi connectivity index (χ2n) is 10.9. The normalized spacial score (nSPS) is 11.9. The van der Waals surface area contributed by atoms with Crippen LogP contribution < -0.4 is 9.62 Å². The quantitative estimate of drug-likeness (QED) is 0.247. The molecular formula is C35H39N3O4S. The molecule has 0 aromatic heterocycles. The van der Waals surface area contributed by atoms with Crippen LogP contribution in [-0.2, 0) is 32.6 Å². The zero-order chi connectivity index (χ0) is 31.1. The summed E-state index contributed by atoms with van der Waals surface area (Å²) >= 11 is 0. The Kier molecular flexibility index (Phi) is 10.0. The first-order valence-electron chi connectivity index (χ1n) is 14.3. The minimum absolute atomic E-state index is 0.0858. The van der Waals surface area contributed by atoms with E-state index in [2.05, 4.69) is 5.32 Å². The van der Waals surface area contributed by atoms with Crippen molar-refractivity contribution in [1.29, 1.82) is 0 Å². The molecule has 0 unspecified atom stereocenters. The first-order valence-corrected chi connectivity index (χ1v) is 15.7. The van der Waals surface area contributed by atoms with Crippen LogP contribution in [0.2, 0.25) is 0 Å². The maximum absolute atomic E-state index is 14.4. The number of rotatable bonds is 11. The molecule has 1 atom stereocenters. The Morgan fingerprint density at radius 2 is 1.37 bits per heavy atom. The summed E-state index contributed by atoms with van der Waals surface area (Å²) in [6, 6.07) is 28.4. The Balaban J connectivity index is 1.82. The summed E-state index contributed by atoms with van der Waals surface area (Å²) in [6.07, 6.45) is 0.270. The predicted molar refractivity (Wildman–Crippen MR) is 171 cm³/mol. The molecule has 4 aromatic carbocycles. The maximum atomic E-state index is 14.4. The van der Waals surface area contributed by atoms with Crippen molar-refractivity contribution in [1.82, 2.24) is 10.2 Å². The molecule has 4 rings (SSSR count). The minimum Gasteiger partial charge on any atom is -0.357 e. The van der Waals surface area contributed by atoms with Crippen LogP contribution in [0.4, 0.5) is 5.69 Å². The summed E-state index contributed by atoms with van der Waals surface area (Å²) in [5.41, 5.74) is 5.78. The molecule has 0 heterocycles. The van der Waals surface area contributed by atoms with Crippen LogP contribution in [0.15, 0.2) is 102 Å². The average Bonchev–Trinajstić information content (AvgIpc) is 2.98. The van der Waals surface area contributed by atoms with E-state index in [1.807, 2.05) is 88.4 Å². The number of carbonyl (C=O) groups is 2. The van der Waals surface area contributed by atoms with Crippen molar-refractivity contribution in [3.8, 4) is 0 Å². The van der Waals surface area contributed by atoms with E-state index in [9.17, 15) is 18.0 Å². The molecule has 0 aliphatic carbocycles. The van der Waals surface area contributed by atoms with Gasteiger partial charge < -0.3 is 10.2 Å². The van der Waals surface area contributed by atoms with Crippen LogP contribution in [-0.4, -0.2) is 44.8 Å². The van der Waals surface area contributed by atoms with Crippen LogP contribution >= 0.6 is 0 Å². The van der Waals surface area contributed by atoms with Gasteiger partial charge >= 0.3 is 0 Å². The van der Waals surface area contributed by atoms with Crippen molar-refractivity contribution in [3.63, 3.8) is 0 Å². The minimum atomic E-state index is -4.14. The van der Waals surface area contributed by atoms with Gasteiger partial charge in [-0.2, -0.15) is 0 Å². The first-order chi connectivity index (χ1) is 20.5. The third-order valence-electron chi connectivity index (χ3n) is 7.50. The summed E-state index contributed by atoms with van der Waals surface area (Å²) in [5, 5.41) is 2.72. The van der Waals surface area contributed by atoms with E-state index in [4.69, 9.17) is 0 Å². The Bertz CT molecular complexity index is 1670. The third kappa shape index (κ3) is 7.70. The van der Waals surface area contributed by atoms with Crippen molar-refractivity contribution in [2.24, 2.45) is 0 Å². The molecule has 43 heavy (non-hydrogen) atoms. The molecule has 0 saturated heterocycles. The van der Waals surface area contributed by atoms with Crippen molar-refractivity contribution in [3.05, 3.63) is 130 Å². The number of hydrogen-bond donors (Lipinski definition) is 1. The predicted octanol–water partition coefficient (Wildman–Crippen LogP) is 5.50. The number of sulfonamides is 1. The molecule has 0 aliphatic rings. The third-order valence-corrected chi connectivity index (χ3v) is 9.29. The maximum Gasteiger partial charge on any atom is 0.264 e. The summed E-state index contributed by atoms with van der Waals surface area (Å²) in [5.74, 6) is -0.812. The van der Waals surface area contributed by atoms with Crippen LogP contribution in [0.25, 0.3) is 0 Å². The molecule has 7 nitrogen and oxygen atoms in total. The lowest BCUT2D eigenvalue weighted by molar-refractivity contribution is -0.139. The van der Waals surface area contributed by atoms with E-state index < -0.39 is 28.5 Å². The lowest BCUT2D eigenvalue weighted by Gasteiger charge is -2.34. The number of nitrogens with one attached hydrogen (secondary N) is 1. The summed E-state index contributed by atoms with van der Waals surface area (Å²) in [6.45, 7) is 7.28. The van der Waals surface area contributed by atoms with E-state index in [0.29, 0.717) is 5.69 Å². The molecule has 224 valence electrons. The largest absolute Gasteiger partial charge is 0.357 e. The van der Waals surface area contributed by atoms with Gasteiger partial charge in [0, 0.05) is 20.0 Å². The highest BCUT2D eigenvalue weighted by Gasteiger charge is 2.34. The van der Waals surface area contributed by atoms with Gasteiger partial charge in [-0.15, -0.1) is 0 Å². The topological polar surface area (TPSA) is 86.8 Å². The Hall–Kier alpha value is -4.43. The summed E-state index contributed by atoms with van der Waals surface area (Å²) in [7, 11) is -2.60. The number of carbonyl (C=O) groups excluding carboxylic acids is 2. The number of nitrogens with zero attached hydrogens (tertiary/aromatic N) is 2. The van der Waals surface area contributed by atoms with Gasteiger partial charge in [0.2, 0.25) is 11.8 Å². The highest BCUT2D eigenvalue weighted by atomic mass is 32.2. The second kappa shape index (κ2) is 13.7. The van der Waals surface area contributed by atoms with Gasteiger partial charge in [0.05, 0.1) is 10.6 Å². The van der Waals surface area contributed by atoms with Crippen molar-refractivity contribution in [2.45, 2.75) is 51.6 Å². The van der Waals surface area contributed by atoms with Crippen molar-refractivity contribution in [2.75, 3.05) is 17.9 Å². The number of aryl methyl sites for hydroxylation is 4. The first kappa shape index (κ1) is 31.5. The van der Waals surface area contributed by atoms with Gasteiger partial charge in [-0.3, -0.25) is 13.9 Å². The van der Waals surface area contributed by atoms with Crippen LogP contribution in [0.3, 0.4) is 0 Å². The van der Waals surface area contributed by atoms with E-state index >= 15 is 0 Å². The monoisotopic (exact) mass is 597 g/mol. The Morgan fingerprint density at radius 1 is 0.767 bits per heavy atom. The Morgan fingerprint density at radius 3 is 1.98 bits per heavy atom. The van der Waals surface area contributed by atoms with Crippen LogP contribution in [0.1, 0.15) is 33.4 Å². The van der Waals surface area contributed by atoms with Crippen molar-refractivity contribution < 1.29 is 18.0 Å². The average molecular weight is 598 g/mol. The van der Waals surface area contributed by atoms with Gasteiger partial charge in [-0.1, -0.05) is 78.4 Å². The fourth-order valence-electron chi connectivity index (χ4n) is 5.15. The summed E-state index contributed by atoms with van der Waals surface area (Å²) in [4.78, 5) is 29.4. The molecule has 0 aliphatic heterocycles. The molecule has 0 fully saturated rings. The fraction of sp³-hybridized carbons (Fsp3) is 0.257. The smallest absolute Gasteiger partial charge is 0.264 e. The van der Waals surface area contributed by atoms with E-state index in [0.717, 1.165) is 37.7 Å². The van der Waals surface area contributed by atoms with Crippen LogP contribution in [0, 0.1) is 27.7 Å². The van der Waals surface area contributed by atoms with E-state index in [1.165, 1.54) is 4.90 Å². The highest BCUT2D eigenvalue weighted by Crippen LogP contribution is 2.27. The molecule has 0 saturated carbocycles. The number of hydrogen-bond acceptors (Lipinski definition) is 4. The Labute approximate surface area is 255 Å². The molecule has 1 N–H and O–H groups in total. The lowest BCUT2D eigenvalue weighted by atomic mass is 10.0. The molecule has 4 aromatic rings. The van der Waals surface area contributed by atoms with Gasteiger partial charge in [-0.25, -0.2) is 8.42 Å². The van der Waals surface area contributed by atoms with Gasteiger partial charge in [0.1, 0.15) is 12.6 Å². The zero-order valence-corrected chi connectivity index (χ0v) is 26.2. The number of benzene rings is 4. The van der Waals surface area contributed by atoms with Crippen molar-refractivity contribution >= 4 is 27.5 Å². The standard InChI is InChI=1S/C35H39N3O4S/c1-25-15-17-32(18-16-25)43(41,42)38(31-20-26(2)19-27(3)21-31)24-34(39)37(23-30-14-10-9-11-28(30)4)33(35(40)36-5)22-29-12-7-6-8-13-29/h6-21,33H,22-24H2,1-5H3,(H,36,40)/t33-/m1/s1. The number of likely N-dealkylation sites (N-methyl/N-ethyl adjacent to an activating group) is 1. The van der Waals surface area contributed by atoms with Gasteiger partial charge in [0.15, 0.2) is 0 Å². The van der Waals surface area contributed by atoms with Gasteiger partial charge in [0.25, 0.3) is 10.0 Å². The highest BCUT2D eigenvalue weighted by molar-refractivity contribution is 7.92. The SMILES string of the molecule is CNC(=O)[C@@H](Cc1ccccc1)N(Cc1ccccc1C)C(=O)CN(c1cc(C)cc(C)c1)S(=O)(=O)c1ccc(C)cc1. The van der Waals surface area contributed by atoms with E-state index in [-0.39, 0.29) is 23.8 Å².